The van der Waals surface area contributed by atoms with E-state index in [1.54, 1.807) is 6.92 Å². The van der Waals surface area contributed by atoms with Crippen LogP contribution in [0.5, 0.6) is 0 Å². The van der Waals surface area contributed by atoms with Crippen molar-refractivity contribution in [1.82, 2.24) is 4.90 Å². The van der Waals surface area contributed by atoms with Gasteiger partial charge in [-0.3, -0.25) is 14.4 Å². The molecule has 0 spiro atoms. The van der Waals surface area contributed by atoms with Crippen LogP contribution in [0.2, 0.25) is 0 Å². The van der Waals surface area contributed by atoms with Crippen molar-refractivity contribution >= 4 is 34.7 Å². The van der Waals surface area contributed by atoms with E-state index in [0.717, 1.165) is 45.7 Å². The monoisotopic (exact) mass is 512 g/mol. The third kappa shape index (κ3) is 6.47. The van der Waals surface area contributed by atoms with Crippen LogP contribution in [0.15, 0.2) is 66.7 Å². The molecule has 0 aliphatic carbocycles. The quantitative estimate of drug-likeness (QED) is 0.429. The molecular weight excluding hydrogens is 476 g/mol. The van der Waals surface area contributed by atoms with Gasteiger partial charge in [-0.2, -0.15) is 0 Å². The number of fused-ring (bicyclic) bond motifs is 1. The predicted octanol–water partition coefficient (Wildman–Crippen LogP) is 5.28. The molecule has 198 valence electrons. The van der Waals surface area contributed by atoms with Gasteiger partial charge in [-0.15, -0.1) is 0 Å². The van der Waals surface area contributed by atoms with Gasteiger partial charge in [0, 0.05) is 43.4 Å². The van der Waals surface area contributed by atoms with Crippen LogP contribution in [-0.4, -0.2) is 49.2 Å². The molecule has 0 saturated carbocycles. The van der Waals surface area contributed by atoms with Crippen molar-refractivity contribution in [1.29, 1.82) is 0 Å². The standard InChI is InChI=1S/C31H36N4O3/c1-20-15-30(33-26-12-9-23(10-13-26)16-28(38)19-34(4)5)29-18-25(11-14-31(29)35(20)22(3)37)24-7-6-8-27(17-24)32-21(2)36/h6-14,17-18,20,30,33H,15-16,19H2,1-5H3,(H,32,36)/t20-,30+/m0/s1. The van der Waals surface area contributed by atoms with Crippen LogP contribution in [-0.2, 0) is 20.8 Å². The molecule has 0 fully saturated rings. The lowest BCUT2D eigenvalue weighted by molar-refractivity contribution is -0.119. The third-order valence-electron chi connectivity index (χ3n) is 6.72. The molecule has 0 bridgehead atoms. The van der Waals surface area contributed by atoms with E-state index in [-0.39, 0.29) is 29.7 Å². The summed E-state index contributed by atoms with van der Waals surface area (Å²) in [7, 11) is 3.79. The van der Waals surface area contributed by atoms with E-state index < -0.39 is 0 Å². The lowest BCUT2D eigenvalue weighted by atomic mass is 9.88. The highest BCUT2D eigenvalue weighted by Gasteiger charge is 2.32. The molecular formula is C31H36N4O3. The van der Waals surface area contributed by atoms with Crippen molar-refractivity contribution in [3.8, 4) is 11.1 Å². The van der Waals surface area contributed by atoms with E-state index in [1.165, 1.54) is 6.92 Å². The molecule has 3 aromatic rings. The molecule has 1 aliphatic rings. The Hall–Kier alpha value is -3.97. The van der Waals surface area contributed by atoms with Crippen molar-refractivity contribution in [2.24, 2.45) is 0 Å². The second-order valence-corrected chi connectivity index (χ2v) is 10.4. The van der Waals surface area contributed by atoms with Crippen molar-refractivity contribution in [3.05, 3.63) is 77.9 Å². The maximum absolute atomic E-state index is 12.6. The van der Waals surface area contributed by atoms with Gasteiger partial charge in [0.1, 0.15) is 0 Å². The summed E-state index contributed by atoms with van der Waals surface area (Å²) in [5.41, 5.74) is 6.64. The van der Waals surface area contributed by atoms with Crippen LogP contribution in [0, 0.1) is 0 Å². The number of Topliss-reactive ketones (excluding diaryl/α,β-unsaturated/α-hetero) is 1. The van der Waals surface area contributed by atoms with E-state index in [2.05, 4.69) is 23.6 Å². The van der Waals surface area contributed by atoms with Gasteiger partial charge in [-0.25, -0.2) is 0 Å². The first kappa shape index (κ1) is 27.1. The Labute approximate surface area is 224 Å². The van der Waals surface area contributed by atoms with E-state index >= 15 is 0 Å². The molecule has 0 unspecified atom stereocenters. The molecule has 2 atom stereocenters. The van der Waals surface area contributed by atoms with Crippen molar-refractivity contribution in [2.75, 3.05) is 36.2 Å². The summed E-state index contributed by atoms with van der Waals surface area (Å²) >= 11 is 0. The van der Waals surface area contributed by atoms with Crippen LogP contribution >= 0.6 is 0 Å². The largest absolute Gasteiger partial charge is 0.378 e. The Morgan fingerprint density at radius 2 is 1.63 bits per heavy atom. The van der Waals surface area contributed by atoms with Crippen LogP contribution < -0.4 is 15.5 Å². The zero-order valence-electron chi connectivity index (χ0n) is 22.7. The van der Waals surface area contributed by atoms with Crippen LogP contribution in [0.25, 0.3) is 11.1 Å². The van der Waals surface area contributed by atoms with Gasteiger partial charge >= 0.3 is 0 Å². The summed E-state index contributed by atoms with van der Waals surface area (Å²) in [6.07, 6.45) is 1.17. The molecule has 1 aliphatic heterocycles. The van der Waals surface area contributed by atoms with Crippen molar-refractivity contribution in [3.63, 3.8) is 0 Å². The fourth-order valence-corrected chi connectivity index (χ4v) is 5.20. The average Bonchev–Trinajstić information content (AvgIpc) is 2.84. The van der Waals surface area contributed by atoms with E-state index in [9.17, 15) is 14.4 Å². The van der Waals surface area contributed by atoms with E-state index in [0.29, 0.717) is 13.0 Å². The number of nitrogens with one attached hydrogen (secondary N) is 2. The summed E-state index contributed by atoms with van der Waals surface area (Å²) < 4.78 is 0. The highest BCUT2D eigenvalue weighted by molar-refractivity contribution is 5.94. The molecule has 7 nitrogen and oxygen atoms in total. The Morgan fingerprint density at radius 1 is 0.921 bits per heavy atom. The molecule has 2 amide bonds. The summed E-state index contributed by atoms with van der Waals surface area (Å²) in [4.78, 5) is 40.1. The van der Waals surface area contributed by atoms with Gasteiger partial charge < -0.3 is 20.4 Å². The van der Waals surface area contributed by atoms with Gasteiger partial charge in [0.05, 0.1) is 12.6 Å². The number of carbonyl (C=O) groups is 3. The summed E-state index contributed by atoms with van der Waals surface area (Å²) in [6, 6.07) is 22.0. The average molecular weight is 513 g/mol. The number of hydrogen-bond donors (Lipinski definition) is 2. The fraction of sp³-hybridized carbons (Fsp3) is 0.323. The molecule has 4 rings (SSSR count). The number of nitrogens with zero attached hydrogens (tertiary/aromatic N) is 2. The fourth-order valence-electron chi connectivity index (χ4n) is 5.20. The number of carbonyl (C=O) groups excluding carboxylic acids is 3. The first-order valence-corrected chi connectivity index (χ1v) is 12.9. The number of rotatable bonds is 8. The Bertz CT molecular complexity index is 1330. The van der Waals surface area contributed by atoms with Crippen LogP contribution in [0.3, 0.4) is 0 Å². The van der Waals surface area contributed by atoms with Gasteiger partial charge in [0.25, 0.3) is 0 Å². The van der Waals surface area contributed by atoms with Gasteiger partial charge in [0.15, 0.2) is 5.78 Å². The number of benzene rings is 3. The van der Waals surface area contributed by atoms with Crippen LogP contribution in [0.4, 0.5) is 17.1 Å². The number of ketones is 1. The Morgan fingerprint density at radius 3 is 2.29 bits per heavy atom. The molecule has 0 saturated heterocycles. The summed E-state index contributed by atoms with van der Waals surface area (Å²) in [5, 5.41) is 6.51. The zero-order chi connectivity index (χ0) is 27.4. The summed E-state index contributed by atoms with van der Waals surface area (Å²) in [5.74, 6) is 0.0885. The normalized spacial score (nSPS) is 16.6. The second kappa shape index (κ2) is 11.6. The minimum atomic E-state index is -0.115. The highest BCUT2D eigenvalue weighted by Crippen LogP contribution is 2.41. The highest BCUT2D eigenvalue weighted by atomic mass is 16.2. The Kier molecular flexibility index (Phi) is 8.27. The minimum Gasteiger partial charge on any atom is -0.378 e. The minimum absolute atomic E-state index is 0.00435. The number of hydrogen-bond acceptors (Lipinski definition) is 5. The molecule has 2 N–H and O–H groups in total. The molecule has 0 radical (unpaired) electrons. The second-order valence-electron chi connectivity index (χ2n) is 10.4. The van der Waals surface area contributed by atoms with E-state index in [1.807, 2.05) is 84.6 Å². The van der Waals surface area contributed by atoms with Crippen molar-refractivity contribution in [2.45, 2.75) is 45.7 Å². The maximum Gasteiger partial charge on any atom is 0.224 e. The Balaban J connectivity index is 1.63. The lowest BCUT2D eigenvalue weighted by Crippen LogP contribution is -2.43. The molecule has 7 heteroatoms. The predicted molar refractivity (Wildman–Crippen MR) is 153 cm³/mol. The van der Waals surface area contributed by atoms with Gasteiger partial charge in [-0.1, -0.05) is 30.3 Å². The molecule has 38 heavy (non-hydrogen) atoms. The third-order valence-corrected chi connectivity index (χ3v) is 6.72. The molecule has 1 heterocycles. The first-order chi connectivity index (χ1) is 18.1. The topological polar surface area (TPSA) is 81.8 Å². The van der Waals surface area contributed by atoms with Crippen LogP contribution in [0.1, 0.15) is 44.4 Å². The lowest BCUT2D eigenvalue weighted by Gasteiger charge is -2.39. The zero-order valence-corrected chi connectivity index (χ0v) is 22.7. The van der Waals surface area contributed by atoms with Gasteiger partial charge in [-0.05, 0) is 86.1 Å². The van der Waals surface area contributed by atoms with Gasteiger partial charge in [0.2, 0.25) is 11.8 Å². The maximum atomic E-state index is 12.6. The first-order valence-electron chi connectivity index (χ1n) is 12.9. The smallest absolute Gasteiger partial charge is 0.224 e. The van der Waals surface area contributed by atoms with Crippen molar-refractivity contribution < 1.29 is 14.4 Å². The number of amides is 2. The van der Waals surface area contributed by atoms with E-state index in [4.69, 9.17) is 0 Å². The summed E-state index contributed by atoms with van der Waals surface area (Å²) in [6.45, 7) is 5.60. The SMILES string of the molecule is CC(=O)Nc1cccc(-c2ccc3c(c2)[C@H](Nc2ccc(CC(=O)CN(C)C)cc2)C[C@H](C)N3C(C)=O)c1. The number of anilines is 3. The molecule has 0 aromatic heterocycles. The molecule has 3 aromatic carbocycles. The number of likely N-dealkylation sites (N-methyl/N-ethyl adjacent to an activating group) is 1.